The molecule has 35 heavy (non-hydrogen) atoms. The topological polar surface area (TPSA) is 86.8 Å². The van der Waals surface area contributed by atoms with E-state index in [9.17, 15) is 18.0 Å². The Kier molecular flexibility index (Phi) is 9.11. The minimum Gasteiger partial charge on any atom is -0.350 e. The molecule has 0 aliphatic rings. The number of hydrogen-bond donors (Lipinski definition) is 1. The summed E-state index contributed by atoms with van der Waals surface area (Å²) in [6, 6.07) is 12.5. The average molecular weight is 502 g/mol. The summed E-state index contributed by atoms with van der Waals surface area (Å²) in [5.41, 5.74) is 3.44. The Morgan fingerprint density at radius 1 is 1.00 bits per heavy atom. The van der Waals surface area contributed by atoms with Crippen LogP contribution in [0.5, 0.6) is 0 Å². The molecule has 2 rings (SSSR count). The monoisotopic (exact) mass is 501 g/mol. The average Bonchev–Trinajstić information content (AvgIpc) is 2.70. The van der Waals surface area contributed by atoms with Crippen molar-refractivity contribution in [3.05, 3.63) is 64.7 Å². The van der Waals surface area contributed by atoms with Gasteiger partial charge < -0.3 is 10.2 Å². The highest BCUT2D eigenvalue weighted by Gasteiger charge is 2.33. The van der Waals surface area contributed by atoms with Crippen LogP contribution in [0, 0.1) is 20.8 Å². The second kappa shape index (κ2) is 11.2. The quantitative estimate of drug-likeness (QED) is 0.560. The second-order valence-electron chi connectivity index (χ2n) is 10.2. The Labute approximate surface area is 210 Å². The maximum absolute atomic E-state index is 13.8. The number of carbonyl (C=O) groups is 2. The predicted octanol–water partition coefficient (Wildman–Crippen LogP) is 4.10. The summed E-state index contributed by atoms with van der Waals surface area (Å²) in [6.07, 6.45) is 1.49. The molecule has 2 aromatic carbocycles. The number of rotatable bonds is 9. The summed E-state index contributed by atoms with van der Waals surface area (Å²) in [6.45, 7) is 12.9. The number of anilines is 1. The maximum atomic E-state index is 13.8. The molecule has 0 fully saturated rings. The van der Waals surface area contributed by atoms with Gasteiger partial charge in [0.25, 0.3) is 0 Å². The molecule has 1 N–H and O–H groups in total. The third-order valence-corrected chi connectivity index (χ3v) is 6.80. The van der Waals surface area contributed by atoms with Crippen molar-refractivity contribution in [3.63, 3.8) is 0 Å². The number of amides is 2. The molecule has 0 spiro atoms. The first kappa shape index (κ1) is 28.4. The molecule has 1 atom stereocenters. The Bertz CT molecular complexity index is 1150. The molecule has 0 aliphatic carbocycles. The first-order valence-electron chi connectivity index (χ1n) is 11.8. The zero-order chi connectivity index (χ0) is 26.6. The molecule has 0 radical (unpaired) electrons. The molecule has 0 saturated heterocycles. The van der Waals surface area contributed by atoms with Gasteiger partial charge in [-0.15, -0.1) is 0 Å². The van der Waals surface area contributed by atoms with E-state index in [2.05, 4.69) is 5.32 Å². The zero-order valence-electron chi connectivity index (χ0n) is 22.2. The van der Waals surface area contributed by atoms with Crippen molar-refractivity contribution < 1.29 is 18.0 Å². The van der Waals surface area contributed by atoms with Gasteiger partial charge in [-0.3, -0.25) is 13.9 Å². The lowest BCUT2D eigenvalue weighted by Crippen LogP contribution is -2.55. The lowest BCUT2D eigenvalue weighted by molar-refractivity contribution is -0.141. The Hall–Kier alpha value is -2.87. The van der Waals surface area contributed by atoms with Crippen LogP contribution >= 0.6 is 0 Å². The maximum Gasteiger partial charge on any atom is 0.244 e. The van der Waals surface area contributed by atoms with E-state index in [1.165, 1.54) is 4.90 Å². The standard InChI is InChI=1S/C27H39N3O4S/c1-9-23(26(32)28-27(5,6)7)29(17-22-15-10-12-19(2)16-22)24(31)18-30(35(8,33)34)25-20(3)13-11-14-21(25)4/h10-16,23H,9,17-18H2,1-8H3,(H,28,32)/t23-/m0/s1. The van der Waals surface area contributed by atoms with Crippen molar-refractivity contribution in [3.8, 4) is 0 Å². The van der Waals surface area contributed by atoms with Crippen LogP contribution in [0.15, 0.2) is 42.5 Å². The third-order valence-electron chi connectivity index (χ3n) is 5.69. The fraction of sp³-hybridized carbons (Fsp3) is 0.481. The van der Waals surface area contributed by atoms with Gasteiger partial charge in [0.1, 0.15) is 12.6 Å². The Morgan fingerprint density at radius 3 is 2.06 bits per heavy atom. The number of nitrogens with one attached hydrogen (secondary N) is 1. The fourth-order valence-electron chi connectivity index (χ4n) is 4.15. The molecule has 0 aliphatic heterocycles. The molecule has 0 saturated carbocycles. The molecule has 2 aromatic rings. The number of carbonyl (C=O) groups excluding carboxylic acids is 2. The summed E-state index contributed by atoms with van der Waals surface area (Å²) in [5, 5.41) is 2.97. The van der Waals surface area contributed by atoms with Gasteiger partial charge in [-0.2, -0.15) is 0 Å². The van der Waals surface area contributed by atoms with Gasteiger partial charge in [0, 0.05) is 12.1 Å². The van der Waals surface area contributed by atoms with Crippen LogP contribution in [0.25, 0.3) is 0 Å². The van der Waals surface area contributed by atoms with Crippen LogP contribution in [0.1, 0.15) is 56.4 Å². The van der Waals surface area contributed by atoms with E-state index in [0.717, 1.165) is 32.8 Å². The second-order valence-corrected chi connectivity index (χ2v) is 12.1. The van der Waals surface area contributed by atoms with E-state index in [4.69, 9.17) is 0 Å². The molecule has 2 amide bonds. The van der Waals surface area contributed by atoms with Gasteiger partial charge in [0.15, 0.2) is 0 Å². The van der Waals surface area contributed by atoms with Crippen molar-refractivity contribution >= 4 is 27.5 Å². The van der Waals surface area contributed by atoms with E-state index in [-0.39, 0.29) is 12.5 Å². The molecule has 0 heterocycles. The highest BCUT2D eigenvalue weighted by molar-refractivity contribution is 7.92. The molecule has 0 aromatic heterocycles. The number of sulfonamides is 1. The van der Waals surface area contributed by atoms with Crippen LogP contribution in [0.2, 0.25) is 0 Å². The Balaban J connectivity index is 2.52. The van der Waals surface area contributed by atoms with Crippen molar-refractivity contribution in [2.45, 2.75) is 73.0 Å². The van der Waals surface area contributed by atoms with Gasteiger partial charge in [-0.05, 0) is 64.7 Å². The van der Waals surface area contributed by atoms with E-state index in [0.29, 0.717) is 12.1 Å². The highest BCUT2D eigenvalue weighted by atomic mass is 32.2. The summed E-state index contributed by atoms with van der Waals surface area (Å²) in [7, 11) is -3.77. The lowest BCUT2D eigenvalue weighted by Gasteiger charge is -2.35. The van der Waals surface area contributed by atoms with Crippen molar-refractivity contribution in [2.24, 2.45) is 0 Å². The molecular weight excluding hydrogens is 462 g/mol. The van der Waals surface area contributed by atoms with Crippen LogP contribution in [0.3, 0.4) is 0 Å². The van der Waals surface area contributed by atoms with Crippen molar-refractivity contribution in [1.82, 2.24) is 10.2 Å². The third kappa shape index (κ3) is 7.82. The van der Waals surface area contributed by atoms with Gasteiger partial charge in [-0.25, -0.2) is 8.42 Å². The number of hydrogen-bond acceptors (Lipinski definition) is 4. The van der Waals surface area contributed by atoms with Gasteiger partial charge >= 0.3 is 0 Å². The van der Waals surface area contributed by atoms with E-state index >= 15 is 0 Å². The fourth-order valence-corrected chi connectivity index (χ4v) is 5.12. The Morgan fingerprint density at radius 2 is 1.57 bits per heavy atom. The van der Waals surface area contributed by atoms with Crippen LogP contribution in [-0.4, -0.2) is 49.5 Å². The number of nitrogens with zero attached hydrogens (tertiary/aromatic N) is 2. The molecule has 0 unspecified atom stereocenters. The SMILES string of the molecule is CC[C@@H](C(=O)NC(C)(C)C)N(Cc1cccc(C)c1)C(=O)CN(c1c(C)cccc1C)S(C)(=O)=O. The first-order chi connectivity index (χ1) is 16.1. The van der Waals surface area contributed by atoms with Crippen molar-refractivity contribution in [2.75, 3.05) is 17.1 Å². The summed E-state index contributed by atoms with van der Waals surface area (Å²) < 4.78 is 26.8. The minimum absolute atomic E-state index is 0.195. The van der Waals surface area contributed by atoms with Gasteiger partial charge in [-0.1, -0.05) is 55.0 Å². The predicted molar refractivity (Wildman–Crippen MR) is 142 cm³/mol. The van der Waals surface area contributed by atoms with Crippen LogP contribution < -0.4 is 9.62 Å². The summed E-state index contributed by atoms with van der Waals surface area (Å²) in [4.78, 5) is 28.5. The van der Waals surface area contributed by atoms with Gasteiger partial charge in [0.2, 0.25) is 21.8 Å². The summed E-state index contributed by atoms with van der Waals surface area (Å²) in [5.74, 6) is -0.700. The number of para-hydroxylation sites is 1. The van der Waals surface area contributed by atoms with Gasteiger partial charge in [0.05, 0.1) is 11.9 Å². The smallest absolute Gasteiger partial charge is 0.244 e. The van der Waals surface area contributed by atoms with E-state index in [1.807, 2.05) is 90.9 Å². The summed E-state index contributed by atoms with van der Waals surface area (Å²) >= 11 is 0. The number of benzene rings is 2. The van der Waals surface area contributed by atoms with E-state index in [1.54, 1.807) is 0 Å². The van der Waals surface area contributed by atoms with Crippen LogP contribution in [0.4, 0.5) is 5.69 Å². The minimum atomic E-state index is -3.77. The zero-order valence-corrected chi connectivity index (χ0v) is 23.0. The van der Waals surface area contributed by atoms with Crippen molar-refractivity contribution in [1.29, 1.82) is 0 Å². The highest BCUT2D eigenvalue weighted by Crippen LogP contribution is 2.27. The molecule has 0 bridgehead atoms. The number of aryl methyl sites for hydroxylation is 3. The van der Waals surface area contributed by atoms with E-state index < -0.39 is 34.1 Å². The largest absolute Gasteiger partial charge is 0.350 e. The molecule has 7 nitrogen and oxygen atoms in total. The van der Waals surface area contributed by atoms with Crippen LogP contribution in [-0.2, 0) is 26.2 Å². The first-order valence-corrected chi connectivity index (χ1v) is 13.7. The molecular formula is C27H39N3O4S. The lowest BCUT2D eigenvalue weighted by atomic mass is 10.0. The molecule has 8 heteroatoms. The molecule has 192 valence electrons. The normalized spacial score (nSPS) is 12.7.